The molecular formula is C10H13BrN2. The smallest absolute Gasteiger partial charge is 0.106 e. The molecule has 1 aromatic heterocycles. The number of hydrogen-bond acceptors (Lipinski definition) is 2. The Morgan fingerprint density at radius 2 is 2.77 bits per heavy atom. The van der Waals surface area contributed by atoms with Crippen molar-refractivity contribution in [3.05, 3.63) is 28.5 Å². The minimum atomic E-state index is -3.25. The van der Waals surface area contributed by atoms with Gasteiger partial charge < -0.3 is 0 Å². The maximum Gasteiger partial charge on any atom is 0.106 e. The molecule has 1 atom stereocenters. The van der Waals surface area contributed by atoms with Gasteiger partial charge in [-0.25, -0.2) is 4.98 Å². The van der Waals surface area contributed by atoms with Gasteiger partial charge in [-0.2, -0.15) is 0 Å². The van der Waals surface area contributed by atoms with Crippen molar-refractivity contribution in [2.75, 3.05) is 13.5 Å². The number of likely N-dealkylation sites (tertiary alicyclic amines) is 1. The van der Waals surface area contributed by atoms with E-state index in [4.69, 9.17) is 13.7 Å². The molecule has 1 aliphatic heterocycles. The Morgan fingerprint density at radius 1 is 1.85 bits per heavy atom. The Morgan fingerprint density at radius 3 is 3.46 bits per heavy atom. The van der Waals surface area contributed by atoms with Crippen LogP contribution < -0.4 is 0 Å². The van der Waals surface area contributed by atoms with Gasteiger partial charge in [0.1, 0.15) is 4.60 Å². The molecule has 1 unspecified atom stereocenters. The highest BCUT2D eigenvalue weighted by Gasteiger charge is 2.22. The summed E-state index contributed by atoms with van der Waals surface area (Å²) in [4.78, 5) is 3.79. The molecule has 1 aromatic rings. The van der Waals surface area contributed by atoms with Crippen molar-refractivity contribution in [3.63, 3.8) is 0 Å². The summed E-state index contributed by atoms with van der Waals surface area (Å²) in [5, 5.41) is 0. The van der Waals surface area contributed by atoms with E-state index in [0.29, 0.717) is 4.60 Å². The summed E-state index contributed by atoms with van der Waals surface area (Å²) < 4.78 is 78.9. The van der Waals surface area contributed by atoms with Crippen LogP contribution >= 0.6 is 15.9 Å². The van der Waals surface area contributed by atoms with Crippen LogP contribution in [0.5, 0.6) is 0 Å². The molecule has 0 bridgehead atoms. The highest BCUT2D eigenvalue weighted by atomic mass is 79.9. The molecule has 70 valence electrons. The van der Waals surface area contributed by atoms with E-state index in [9.17, 15) is 0 Å². The van der Waals surface area contributed by atoms with Crippen LogP contribution in [0.1, 0.15) is 38.0 Å². The third kappa shape index (κ3) is 1.92. The lowest BCUT2D eigenvalue weighted by atomic mass is 10.1. The minimum Gasteiger partial charge on any atom is -0.299 e. The Hall–Kier alpha value is -0.410. The SMILES string of the molecule is [2H]C([2H])([2H])N1C([2H])([2H])C([2H])([2H])C([2H])([2H])C1([2H])c1ccc(Br)nc1. The molecule has 1 fully saturated rings. The zero-order valence-electron chi connectivity index (χ0n) is 16.5. The average Bonchev–Trinajstić information content (AvgIpc) is 2.44. The molecule has 0 N–H and O–H groups in total. The molecule has 3 heteroatoms. The summed E-state index contributed by atoms with van der Waals surface area (Å²) in [5.74, 6) is 0. The number of aromatic nitrogens is 1. The van der Waals surface area contributed by atoms with Gasteiger partial charge in [-0.15, -0.1) is 0 Å². The molecule has 13 heavy (non-hydrogen) atoms. The van der Waals surface area contributed by atoms with Crippen molar-refractivity contribution in [2.24, 2.45) is 0 Å². The predicted molar refractivity (Wildman–Crippen MR) is 56.5 cm³/mol. The van der Waals surface area contributed by atoms with Gasteiger partial charge in [-0.1, -0.05) is 6.07 Å². The number of rotatable bonds is 1. The summed E-state index contributed by atoms with van der Waals surface area (Å²) in [7, 11) is 0. The second kappa shape index (κ2) is 3.76. The van der Waals surface area contributed by atoms with E-state index >= 15 is 0 Å². The zero-order valence-corrected chi connectivity index (χ0v) is 8.09. The van der Waals surface area contributed by atoms with Crippen LogP contribution in [0, 0.1) is 0 Å². The van der Waals surface area contributed by atoms with E-state index in [1.807, 2.05) is 0 Å². The summed E-state index contributed by atoms with van der Waals surface area (Å²) in [6, 6.07) is -0.264. The van der Waals surface area contributed by atoms with Crippen molar-refractivity contribution >= 4 is 15.9 Å². The molecule has 0 saturated carbocycles. The summed E-state index contributed by atoms with van der Waals surface area (Å²) in [6.07, 6.45) is -5.37. The predicted octanol–water partition coefficient (Wildman–Crippen LogP) is 2.61. The van der Waals surface area contributed by atoms with Crippen LogP contribution in [-0.4, -0.2) is 23.4 Å². The number of halogens is 1. The fraction of sp³-hybridized carbons (Fsp3) is 0.500. The van der Waals surface area contributed by atoms with Crippen molar-refractivity contribution < 1.29 is 13.7 Å². The van der Waals surface area contributed by atoms with Gasteiger partial charge in [0.15, 0.2) is 0 Å². The van der Waals surface area contributed by atoms with Crippen LogP contribution in [-0.2, 0) is 0 Å². The van der Waals surface area contributed by atoms with E-state index in [2.05, 4.69) is 20.9 Å². The highest BCUT2D eigenvalue weighted by Crippen LogP contribution is 2.29. The quantitative estimate of drug-likeness (QED) is 0.713. The number of pyridine rings is 1. The van der Waals surface area contributed by atoms with Crippen molar-refractivity contribution in [2.45, 2.75) is 18.8 Å². The van der Waals surface area contributed by atoms with Gasteiger partial charge in [0, 0.05) is 24.6 Å². The fourth-order valence-electron chi connectivity index (χ4n) is 0.972. The first kappa shape index (κ1) is 3.04. The largest absolute Gasteiger partial charge is 0.299 e. The van der Waals surface area contributed by atoms with Crippen LogP contribution in [0.2, 0.25) is 0 Å². The Balaban J connectivity index is 2.83. The third-order valence-corrected chi connectivity index (χ3v) is 2.04. The molecule has 1 saturated heterocycles. The normalized spacial score (nSPS) is 53.3. The Kier molecular flexibility index (Phi) is 0.879. The van der Waals surface area contributed by atoms with Crippen LogP contribution in [0.3, 0.4) is 0 Å². The van der Waals surface area contributed by atoms with E-state index < -0.39 is 32.2 Å². The molecule has 0 amide bonds. The molecule has 1 aliphatic rings. The maximum absolute atomic E-state index is 8.47. The zero-order chi connectivity index (χ0) is 18.1. The first-order valence-electron chi connectivity index (χ1n) is 8.54. The lowest BCUT2D eigenvalue weighted by Crippen LogP contribution is -2.17. The van der Waals surface area contributed by atoms with E-state index in [1.54, 1.807) is 0 Å². The standard InChI is InChI=1S/C10H13BrN2/c1-13-6-2-3-9(13)8-4-5-10(11)12-7-8/h4-5,7,9H,2-3,6H2,1H3/i1D3,2D2,3D2,6D2,9D. The highest BCUT2D eigenvalue weighted by molar-refractivity contribution is 9.10. The lowest BCUT2D eigenvalue weighted by Gasteiger charge is -2.19. The summed E-state index contributed by atoms with van der Waals surface area (Å²) >= 11 is 3.06. The lowest BCUT2D eigenvalue weighted by molar-refractivity contribution is 0.317. The van der Waals surface area contributed by atoms with Gasteiger partial charge in [-0.3, -0.25) is 4.90 Å². The summed E-state index contributed by atoms with van der Waals surface area (Å²) in [6.45, 7) is -6.48. The topological polar surface area (TPSA) is 16.1 Å². The Bertz CT molecular complexity index is 613. The van der Waals surface area contributed by atoms with E-state index in [1.165, 1.54) is 12.1 Å². The molecule has 0 radical (unpaired) electrons. The average molecular weight is 251 g/mol. The molecule has 2 heterocycles. The fourth-order valence-corrected chi connectivity index (χ4v) is 1.21. The molecule has 2 nitrogen and oxygen atoms in total. The van der Waals surface area contributed by atoms with Gasteiger partial charge >= 0.3 is 0 Å². The van der Waals surface area contributed by atoms with E-state index in [0.717, 1.165) is 6.20 Å². The molecule has 2 rings (SSSR count). The van der Waals surface area contributed by atoms with E-state index in [-0.39, 0.29) is 10.5 Å². The summed E-state index contributed by atoms with van der Waals surface area (Å²) in [5.41, 5.74) is -0.257. The molecular weight excluding hydrogens is 228 g/mol. The van der Waals surface area contributed by atoms with Gasteiger partial charge in [0.25, 0.3) is 0 Å². The Labute approximate surface area is 101 Å². The third-order valence-electron chi connectivity index (χ3n) is 1.57. The molecule has 0 aliphatic carbocycles. The van der Waals surface area contributed by atoms with Crippen LogP contribution in [0.25, 0.3) is 0 Å². The number of hydrogen-bond donors (Lipinski definition) is 0. The first-order valence-corrected chi connectivity index (χ1v) is 4.33. The first-order chi connectivity index (χ1) is 10.1. The maximum atomic E-state index is 8.47. The van der Waals surface area contributed by atoms with Gasteiger partial charge in [-0.05, 0) is 53.8 Å². The number of nitrogens with zero attached hydrogens (tertiary/aromatic N) is 2. The molecule has 0 spiro atoms. The van der Waals surface area contributed by atoms with Crippen LogP contribution in [0.4, 0.5) is 0 Å². The van der Waals surface area contributed by atoms with Crippen LogP contribution in [0.15, 0.2) is 22.9 Å². The monoisotopic (exact) mass is 250 g/mol. The second-order valence-corrected chi connectivity index (χ2v) is 3.23. The minimum absolute atomic E-state index is 0.0298. The molecule has 0 aromatic carbocycles. The second-order valence-electron chi connectivity index (χ2n) is 2.42. The van der Waals surface area contributed by atoms with Crippen molar-refractivity contribution in [1.82, 2.24) is 9.88 Å². The van der Waals surface area contributed by atoms with Crippen molar-refractivity contribution in [1.29, 1.82) is 0 Å². The van der Waals surface area contributed by atoms with Crippen molar-refractivity contribution in [3.8, 4) is 0 Å². The van der Waals surface area contributed by atoms with Gasteiger partial charge in [0.05, 0.1) is 1.37 Å². The van der Waals surface area contributed by atoms with Gasteiger partial charge in [0.2, 0.25) is 0 Å².